The number of rotatable bonds is 0. The zero-order valence-electron chi connectivity index (χ0n) is 7.90. The lowest BCUT2D eigenvalue weighted by atomic mass is 10.1. The van der Waals surface area contributed by atoms with Gasteiger partial charge in [-0.05, 0) is 24.3 Å². The SMILES string of the molecule is OC1=COc2cc3c(cc2=C1)NC=CC=3. The molecule has 2 N–H and O–H groups in total. The lowest BCUT2D eigenvalue weighted by molar-refractivity contribution is 0.383. The van der Waals surface area contributed by atoms with Crippen LogP contribution in [0.2, 0.25) is 0 Å². The van der Waals surface area contributed by atoms with Crippen LogP contribution in [0.3, 0.4) is 0 Å². The van der Waals surface area contributed by atoms with Gasteiger partial charge in [-0.3, -0.25) is 0 Å². The standard InChI is InChI=1S/C12H9NO2/c14-10-4-9-5-11-8(2-1-3-13-11)6-12(9)15-7-10/h1-7,13-14H. The van der Waals surface area contributed by atoms with Gasteiger partial charge in [0, 0.05) is 22.3 Å². The maximum atomic E-state index is 9.30. The van der Waals surface area contributed by atoms with Crippen LogP contribution in [-0.2, 0) is 0 Å². The normalized spacial score (nSPS) is 15.9. The van der Waals surface area contributed by atoms with Crippen molar-refractivity contribution in [2.75, 3.05) is 5.32 Å². The zero-order chi connectivity index (χ0) is 10.3. The Labute approximate surface area is 86.3 Å². The van der Waals surface area contributed by atoms with Crippen LogP contribution in [-0.4, -0.2) is 5.11 Å². The van der Waals surface area contributed by atoms with E-state index in [0.29, 0.717) is 0 Å². The minimum atomic E-state index is 0.137. The molecule has 0 unspecified atom stereocenters. The van der Waals surface area contributed by atoms with Crippen molar-refractivity contribution >= 4 is 17.8 Å². The van der Waals surface area contributed by atoms with E-state index in [4.69, 9.17) is 4.74 Å². The number of allylic oxidation sites excluding steroid dienone is 2. The Kier molecular flexibility index (Phi) is 1.59. The molecule has 0 aliphatic carbocycles. The highest BCUT2D eigenvalue weighted by atomic mass is 16.5. The molecule has 1 aromatic carbocycles. The number of anilines is 1. The molecule has 0 atom stereocenters. The van der Waals surface area contributed by atoms with Crippen molar-refractivity contribution in [3.8, 4) is 5.75 Å². The second-order valence-corrected chi connectivity index (χ2v) is 3.45. The average Bonchev–Trinajstić information content (AvgIpc) is 2.26. The van der Waals surface area contributed by atoms with Crippen molar-refractivity contribution in [2.45, 2.75) is 0 Å². The smallest absolute Gasteiger partial charge is 0.151 e. The molecular formula is C12H9NO2. The molecule has 0 fully saturated rings. The fourth-order valence-corrected chi connectivity index (χ4v) is 1.70. The second kappa shape index (κ2) is 2.92. The molecule has 0 aromatic heterocycles. The summed E-state index contributed by atoms with van der Waals surface area (Å²) in [7, 11) is 0. The van der Waals surface area contributed by atoms with Crippen LogP contribution in [0, 0.1) is 0 Å². The topological polar surface area (TPSA) is 41.5 Å². The predicted molar refractivity (Wildman–Crippen MR) is 58.7 cm³/mol. The number of nitrogens with one attached hydrogen (secondary N) is 1. The van der Waals surface area contributed by atoms with Crippen molar-refractivity contribution in [3.05, 3.63) is 46.9 Å². The Morgan fingerprint density at radius 1 is 1.20 bits per heavy atom. The molecular weight excluding hydrogens is 190 g/mol. The number of aliphatic hydroxyl groups is 1. The van der Waals surface area contributed by atoms with Crippen LogP contribution < -0.4 is 20.5 Å². The van der Waals surface area contributed by atoms with E-state index in [1.807, 2.05) is 30.5 Å². The molecule has 2 aliphatic rings. The number of fused-ring (bicyclic) bond motifs is 2. The van der Waals surface area contributed by atoms with E-state index in [2.05, 4.69) is 5.32 Å². The second-order valence-electron chi connectivity index (χ2n) is 3.45. The Balaban J connectivity index is 2.30. The average molecular weight is 199 g/mol. The van der Waals surface area contributed by atoms with Crippen molar-refractivity contribution < 1.29 is 9.84 Å². The van der Waals surface area contributed by atoms with Gasteiger partial charge in [0.1, 0.15) is 12.0 Å². The number of ether oxygens (including phenoxy) is 1. The van der Waals surface area contributed by atoms with E-state index in [9.17, 15) is 5.11 Å². The summed E-state index contributed by atoms with van der Waals surface area (Å²) >= 11 is 0. The summed E-state index contributed by atoms with van der Waals surface area (Å²) in [6.45, 7) is 0. The summed E-state index contributed by atoms with van der Waals surface area (Å²) in [5.41, 5.74) is 1.02. The zero-order valence-corrected chi connectivity index (χ0v) is 7.90. The minimum Gasteiger partial charge on any atom is -0.505 e. The van der Waals surface area contributed by atoms with Crippen molar-refractivity contribution in [2.24, 2.45) is 0 Å². The fourth-order valence-electron chi connectivity index (χ4n) is 1.70. The summed E-state index contributed by atoms with van der Waals surface area (Å²) in [6.07, 6.45) is 8.83. The van der Waals surface area contributed by atoms with Crippen LogP contribution >= 0.6 is 0 Å². The molecule has 2 aliphatic heterocycles. The lowest BCUT2D eigenvalue weighted by Crippen LogP contribution is -2.19. The van der Waals surface area contributed by atoms with Crippen molar-refractivity contribution in [1.82, 2.24) is 0 Å². The maximum Gasteiger partial charge on any atom is 0.151 e. The van der Waals surface area contributed by atoms with Crippen LogP contribution in [0.4, 0.5) is 5.69 Å². The van der Waals surface area contributed by atoms with Gasteiger partial charge in [-0.25, -0.2) is 0 Å². The van der Waals surface area contributed by atoms with Gasteiger partial charge >= 0.3 is 0 Å². The van der Waals surface area contributed by atoms with Gasteiger partial charge in [0.05, 0.1) is 0 Å². The van der Waals surface area contributed by atoms with Crippen LogP contribution in [0.25, 0.3) is 12.2 Å². The van der Waals surface area contributed by atoms with Gasteiger partial charge in [-0.2, -0.15) is 0 Å². The Morgan fingerprint density at radius 3 is 3.07 bits per heavy atom. The monoisotopic (exact) mass is 199 g/mol. The number of benzene rings is 1. The molecule has 15 heavy (non-hydrogen) atoms. The Bertz CT molecular complexity index is 597. The van der Waals surface area contributed by atoms with E-state index in [-0.39, 0.29) is 5.76 Å². The largest absolute Gasteiger partial charge is 0.505 e. The van der Waals surface area contributed by atoms with Crippen LogP contribution in [0.5, 0.6) is 5.75 Å². The highest BCUT2D eigenvalue weighted by molar-refractivity contribution is 5.63. The van der Waals surface area contributed by atoms with Gasteiger partial charge < -0.3 is 15.2 Å². The molecule has 3 nitrogen and oxygen atoms in total. The molecule has 0 amide bonds. The van der Waals surface area contributed by atoms with E-state index < -0.39 is 0 Å². The summed E-state index contributed by atoms with van der Waals surface area (Å²) in [5, 5.41) is 14.4. The van der Waals surface area contributed by atoms with Crippen LogP contribution in [0.1, 0.15) is 0 Å². The third kappa shape index (κ3) is 1.29. The third-order valence-electron chi connectivity index (χ3n) is 2.40. The van der Waals surface area contributed by atoms with E-state index in [1.54, 1.807) is 6.08 Å². The summed E-state index contributed by atoms with van der Waals surface area (Å²) in [4.78, 5) is 0. The van der Waals surface area contributed by atoms with E-state index >= 15 is 0 Å². The molecule has 0 saturated heterocycles. The molecule has 3 heteroatoms. The first-order chi connectivity index (χ1) is 7.33. The molecule has 0 saturated carbocycles. The van der Waals surface area contributed by atoms with Gasteiger partial charge in [0.2, 0.25) is 0 Å². The van der Waals surface area contributed by atoms with E-state index in [1.165, 1.54) is 6.26 Å². The number of hydrogen-bond donors (Lipinski definition) is 2. The summed E-state index contributed by atoms with van der Waals surface area (Å²) < 4.78 is 5.29. The summed E-state index contributed by atoms with van der Waals surface area (Å²) in [6, 6.07) is 3.90. The van der Waals surface area contributed by atoms with Gasteiger partial charge in [-0.15, -0.1) is 0 Å². The molecule has 0 spiro atoms. The highest BCUT2D eigenvalue weighted by Crippen LogP contribution is 2.12. The predicted octanol–water partition coefficient (Wildman–Crippen LogP) is 0.979. The van der Waals surface area contributed by atoms with Gasteiger partial charge in [0.25, 0.3) is 0 Å². The first-order valence-corrected chi connectivity index (χ1v) is 4.68. The van der Waals surface area contributed by atoms with Gasteiger partial charge in [0.15, 0.2) is 5.76 Å². The van der Waals surface area contributed by atoms with Gasteiger partial charge in [-0.1, -0.05) is 6.08 Å². The molecule has 2 heterocycles. The molecule has 3 rings (SSSR count). The quantitative estimate of drug-likeness (QED) is 0.654. The number of hydrogen-bond acceptors (Lipinski definition) is 3. The Hall–Kier alpha value is -2.16. The molecule has 0 radical (unpaired) electrons. The molecule has 74 valence electrons. The fraction of sp³-hybridized carbons (Fsp3) is 0. The molecule has 1 aromatic rings. The maximum absolute atomic E-state index is 9.30. The Morgan fingerprint density at radius 2 is 2.13 bits per heavy atom. The lowest BCUT2D eigenvalue weighted by Gasteiger charge is -2.11. The molecule has 0 bridgehead atoms. The summed E-state index contributed by atoms with van der Waals surface area (Å²) in [5.74, 6) is 0.901. The van der Waals surface area contributed by atoms with Crippen LogP contribution in [0.15, 0.2) is 36.4 Å². The first kappa shape index (κ1) is 8.17. The third-order valence-corrected chi connectivity index (χ3v) is 2.40. The highest BCUT2D eigenvalue weighted by Gasteiger charge is 2.06. The van der Waals surface area contributed by atoms with E-state index in [0.717, 1.165) is 21.9 Å². The number of aliphatic hydroxyl groups excluding tert-OH is 1. The van der Waals surface area contributed by atoms with Crippen molar-refractivity contribution in [3.63, 3.8) is 0 Å². The van der Waals surface area contributed by atoms with Crippen molar-refractivity contribution in [1.29, 1.82) is 0 Å². The first-order valence-electron chi connectivity index (χ1n) is 4.68. The minimum absolute atomic E-state index is 0.137.